The molecule has 1 amide bonds. The zero-order chi connectivity index (χ0) is 19.2. The van der Waals surface area contributed by atoms with Gasteiger partial charge >= 0.3 is 0 Å². The van der Waals surface area contributed by atoms with E-state index in [4.69, 9.17) is 21.1 Å². The molecule has 0 spiro atoms. The molecular formula is C22H26ClNO3. The standard InChI is InChI=1S/C22H26ClNO3/c1-3-15-9-12-20(23)19(4-2)21(15)24-22(25)16-7-10-17(11-8-16)27-14-18-6-5-13-26-18/h7-12,18H,3-6,13-14H2,1-2H3,(H,24,25). The lowest BCUT2D eigenvalue weighted by Gasteiger charge is -2.16. The second kappa shape index (κ2) is 9.25. The van der Waals surface area contributed by atoms with Crippen molar-refractivity contribution in [2.45, 2.75) is 45.6 Å². The van der Waals surface area contributed by atoms with Gasteiger partial charge in [-0.05, 0) is 67.1 Å². The lowest BCUT2D eigenvalue weighted by Crippen LogP contribution is -2.17. The van der Waals surface area contributed by atoms with Gasteiger partial charge in [-0.15, -0.1) is 0 Å². The van der Waals surface area contributed by atoms with Crippen LogP contribution in [0.2, 0.25) is 5.02 Å². The van der Waals surface area contributed by atoms with Gasteiger partial charge in [-0.3, -0.25) is 4.79 Å². The van der Waals surface area contributed by atoms with Gasteiger partial charge in [0.05, 0.1) is 6.10 Å². The molecule has 1 unspecified atom stereocenters. The van der Waals surface area contributed by atoms with Crippen LogP contribution in [0.5, 0.6) is 5.75 Å². The Kier molecular flexibility index (Phi) is 6.75. The topological polar surface area (TPSA) is 47.6 Å². The molecule has 1 heterocycles. The van der Waals surface area contributed by atoms with Crippen molar-refractivity contribution in [3.63, 3.8) is 0 Å². The minimum atomic E-state index is -0.146. The third kappa shape index (κ3) is 4.82. The molecule has 144 valence electrons. The van der Waals surface area contributed by atoms with E-state index >= 15 is 0 Å². The van der Waals surface area contributed by atoms with Gasteiger partial charge in [0.15, 0.2) is 0 Å². The summed E-state index contributed by atoms with van der Waals surface area (Å²) in [6.07, 6.45) is 3.90. The van der Waals surface area contributed by atoms with Crippen molar-refractivity contribution >= 4 is 23.2 Å². The Hall–Kier alpha value is -2.04. The summed E-state index contributed by atoms with van der Waals surface area (Å²) in [6, 6.07) is 11.1. The zero-order valence-electron chi connectivity index (χ0n) is 15.9. The van der Waals surface area contributed by atoms with Gasteiger partial charge in [0.25, 0.3) is 5.91 Å². The summed E-state index contributed by atoms with van der Waals surface area (Å²) in [7, 11) is 0. The number of aryl methyl sites for hydroxylation is 1. The molecule has 1 saturated heterocycles. The fraction of sp³-hybridized carbons (Fsp3) is 0.409. The summed E-state index contributed by atoms with van der Waals surface area (Å²) in [6.45, 7) is 5.47. The van der Waals surface area contributed by atoms with Crippen molar-refractivity contribution in [3.05, 3.63) is 58.1 Å². The monoisotopic (exact) mass is 387 g/mol. The van der Waals surface area contributed by atoms with Gasteiger partial charge < -0.3 is 14.8 Å². The number of amides is 1. The molecular weight excluding hydrogens is 362 g/mol. The van der Waals surface area contributed by atoms with Crippen LogP contribution < -0.4 is 10.1 Å². The molecule has 0 saturated carbocycles. The lowest BCUT2D eigenvalue weighted by atomic mass is 10.0. The van der Waals surface area contributed by atoms with Crippen molar-refractivity contribution < 1.29 is 14.3 Å². The number of carbonyl (C=O) groups excluding carboxylic acids is 1. The molecule has 1 atom stereocenters. The van der Waals surface area contributed by atoms with E-state index in [1.54, 1.807) is 12.1 Å². The predicted molar refractivity (Wildman–Crippen MR) is 109 cm³/mol. The van der Waals surface area contributed by atoms with Gasteiger partial charge in [-0.2, -0.15) is 0 Å². The van der Waals surface area contributed by atoms with E-state index in [-0.39, 0.29) is 12.0 Å². The van der Waals surface area contributed by atoms with E-state index in [0.717, 1.165) is 54.9 Å². The Morgan fingerprint density at radius 1 is 1.19 bits per heavy atom. The highest BCUT2D eigenvalue weighted by Crippen LogP contribution is 2.30. The van der Waals surface area contributed by atoms with Gasteiger partial charge in [0.2, 0.25) is 0 Å². The minimum absolute atomic E-state index is 0.146. The first-order valence-electron chi connectivity index (χ1n) is 9.58. The molecule has 0 bridgehead atoms. The SMILES string of the molecule is CCc1ccc(Cl)c(CC)c1NC(=O)c1ccc(OCC2CCCO2)cc1. The first-order chi connectivity index (χ1) is 13.1. The molecule has 3 rings (SSSR count). The molecule has 2 aromatic carbocycles. The quantitative estimate of drug-likeness (QED) is 0.703. The number of anilines is 1. The fourth-order valence-electron chi connectivity index (χ4n) is 3.32. The van der Waals surface area contributed by atoms with Crippen LogP contribution in [-0.4, -0.2) is 25.2 Å². The van der Waals surface area contributed by atoms with Gasteiger partial charge in [0.1, 0.15) is 12.4 Å². The summed E-state index contributed by atoms with van der Waals surface area (Å²) < 4.78 is 11.3. The van der Waals surface area contributed by atoms with Crippen LogP contribution in [0.4, 0.5) is 5.69 Å². The first kappa shape index (κ1) is 19.7. The number of rotatable bonds is 7. The molecule has 0 radical (unpaired) electrons. The summed E-state index contributed by atoms with van der Waals surface area (Å²) in [5.41, 5.74) is 3.47. The molecule has 0 aromatic heterocycles. The van der Waals surface area contributed by atoms with Crippen LogP contribution in [0.25, 0.3) is 0 Å². The van der Waals surface area contributed by atoms with E-state index < -0.39 is 0 Å². The number of halogens is 1. The average Bonchev–Trinajstić information content (AvgIpc) is 3.21. The highest BCUT2D eigenvalue weighted by atomic mass is 35.5. The maximum absolute atomic E-state index is 12.7. The van der Waals surface area contributed by atoms with E-state index in [1.807, 2.05) is 31.2 Å². The Bertz CT molecular complexity index is 783. The number of hydrogen-bond acceptors (Lipinski definition) is 3. The highest BCUT2D eigenvalue weighted by molar-refractivity contribution is 6.32. The van der Waals surface area contributed by atoms with Crippen LogP contribution in [0.15, 0.2) is 36.4 Å². The predicted octanol–water partition coefficient (Wildman–Crippen LogP) is 5.27. The third-order valence-corrected chi connectivity index (χ3v) is 5.25. The van der Waals surface area contributed by atoms with E-state index in [2.05, 4.69) is 12.2 Å². The van der Waals surface area contributed by atoms with Gasteiger partial charge in [-0.1, -0.05) is 31.5 Å². The maximum atomic E-state index is 12.7. The highest BCUT2D eigenvalue weighted by Gasteiger charge is 2.17. The van der Waals surface area contributed by atoms with E-state index in [9.17, 15) is 4.79 Å². The molecule has 4 nitrogen and oxygen atoms in total. The van der Waals surface area contributed by atoms with Crippen LogP contribution in [0, 0.1) is 0 Å². The fourth-order valence-corrected chi connectivity index (χ4v) is 3.61. The second-order valence-corrected chi connectivity index (χ2v) is 7.10. The number of ether oxygens (including phenoxy) is 2. The summed E-state index contributed by atoms with van der Waals surface area (Å²) in [5, 5.41) is 3.73. The molecule has 1 N–H and O–H groups in total. The van der Waals surface area contributed by atoms with Crippen molar-refractivity contribution in [2.24, 2.45) is 0 Å². The summed E-state index contributed by atoms with van der Waals surface area (Å²) >= 11 is 6.32. The van der Waals surface area contributed by atoms with Crippen molar-refractivity contribution in [1.29, 1.82) is 0 Å². The zero-order valence-corrected chi connectivity index (χ0v) is 16.6. The normalized spacial score (nSPS) is 16.3. The summed E-state index contributed by atoms with van der Waals surface area (Å²) in [5.74, 6) is 0.598. The largest absolute Gasteiger partial charge is 0.491 e. The number of nitrogens with one attached hydrogen (secondary N) is 1. The smallest absolute Gasteiger partial charge is 0.255 e. The molecule has 1 aliphatic rings. The molecule has 0 aliphatic carbocycles. The molecule has 2 aromatic rings. The molecule has 1 aliphatic heterocycles. The molecule has 5 heteroatoms. The Morgan fingerprint density at radius 2 is 1.96 bits per heavy atom. The average molecular weight is 388 g/mol. The van der Waals surface area contributed by atoms with E-state index in [0.29, 0.717) is 17.2 Å². The summed E-state index contributed by atoms with van der Waals surface area (Å²) in [4.78, 5) is 12.7. The van der Waals surface area contributed by atoms with Crippen LogP contribution in [0.1, 0.15) is 48.2 Å². The Labute approximate surface area is 165 Å². The Balaban J connectivity index is 1.68. The Morgan fingerprint density at radius 3 is 2.59 bits per heavy atom. The second-order valence-electron chi connectivity index (χ2n) is 6.69. The van der Waals surface area contributed by atoms with Crippen LogP contribution in [0.3, 0.4) is 0 Å². The van der Waals surface area contributed by atoms with Crippen LogP contribution >= 0.6 is 11.6 Å². The van der Waals surface area contributed by atoms with Crippen LogP contribution in [-0.2, 0) is 17.6 Å². The minimum Gasteiger partial charge on any atom is -0.491 e. The molecule has 27 heavy (non-hydrogen) atoms. The van der Waals surface area contributed by atoms with Gasteiger partial charge in [-0.25, -0.2) is 0 Å². The third-order valence-electron chi connectivity index (χ3n) is 4.89. The van der Waals surface area contributed by atoms with Gasteiger partial charge in [0, 0.05) is 22.9 Å². The number of hydrogen-bond donors (Lipinski definition) is 1. The van der Waals surface area contributed by atoms with Crippen molar-refractivity contribution in [3.8, 4) is 5.75 Å². The van der Waals surface area contributed by atoms with Crippen molar-refractivity contribution in [1.82, 2.24) is 0 Å². The lowest BCUT2D eigenvalue weighted by molar-refractivity contribution is 0.0679. The van der Waals surface area contributed by atoms with E-state index in [1.165, 1.54) is 0 Å². The van der Waals surface area contributed by atoms with Crippen molar-refractivity contribution in [2.75, 3.05) is 18.5 Å². The number of carbonyl (C=O) groups is 1. The first-order valence-corrected chi connectivity index (χ1v) is 9.96. The number of benzene rings is 2. The molecule has 1 fully saturated rings. The maximum Gasteiger partial charge on any atom is 0.255 e.